The molecule has 5 aromatic carbocycles. The highest BCUT2D eigenvalue weighted by Gasteiger charge is 2.13. The molecule has 32 heavy (non-hydrogen) atoms. The molecular formula is C31H22S. The number of thiophene rings is 1. The van der Waals surface area contributed by atoms with Crippen LogP contribution in [0.5, 0.6) is 0 Å². The van der Waals surface area contributed by atoms with Gasteiger partial charge < -0.3 is 0 Å². The number of fused-ring (bicyclic) bond motifs is 2. The Morgan fingerprint density at radius 1 is 0.406 bits per heavy atom. The first-order valence-electron chi connectivity index (χ1n) is 11.0. The van der Waals surface area contributed by atoms with Crippen molar-refractivity contribution in [2.24, 2.45) is 0 Å². The first-order chi connectivity index (χ1) is 15.8. The van der Waals surface area contributed by atoms with Crippen molar-refractivity contribution in [3.05, 3.63) is 121 Å². The predicted molar refractivity (Wildman–Crippen MR) is 140 cm³/mol. The summed E-state index contributed by atoms with van der Waals surface area (Å²) < 4.78 is 0. The topological polar surface area (TPSA) is 0 Å². The number of hydrogen-bond acceptors (Lipinski definition) is 1. The molecule has 0 aliphatic rings. The zero-order chi connectivity index (χ0) is 21.5. The van der Waals surface area contributed by atoms with Crippen molar-refractivity contribution in [1.29, 1.82) is 0 Å². The number of aryl methyl sites for hydroxylation is 1. The van der Waals surface area contributed by atoms with Gasteiger partial charge in [-0.2, -0.15) is 0 Å². The Kier molecular flexibility index (Phi) is 4.63. The van der Waals surface area contributed by atoms with Crippen molar-refractivity contribution in [2.75, 3.05) is 0 Å². The summed E-state index contributed by atoms with van der Waals surface area (Å²) in [5.74, 6) is 0. The van der Waals surface area contributed by atoms with Crippen LogP contribution in [0.2, 0.25) is 0 Å². The molecule has 0 amide bonds. The average molecular weight is 427 g/mol. The minimum Gasteiger partial charge on any atom is -0.135 e. The summed E-state index contributed by atoms with van der Waals surface area (Å²) in [5, 5.41) is 5.30. The lowest BCUT2D eigenvalue weighted by molar-refractivity contribution is 1.57. The van der Waals surface area contributed by atoms with Crippen LogP contribution in [-0.2, 0) is 0 Å². The molecule has 0 unspecified atom stereocenters. The smallest absolute Gasteiger partial charge is 0.0349 e. The maximum Gasteiger partial charge on any atom is 0.0349 e. The predicted octanol–water partition coefficient (Wildman–Crippen LogP) is 9.36. The van der Waals surface area contributed by atoms with E-state index in [1.165, 1.54) is 59.1 Å². The van der Waals surface area contributed by atoms with Crippen molar-refractivity contribution in [3.63, 3.8) is 0 Å². The molecule has 0 aliphatic carbocycles. The molecule has 6 aromatic rings. The highest BCUT2D eigenvalue weighted by molar-refractivity contribution is 7.18. The summed E-state index contributed by atoms with van der Waals surface area (Å²) in [6.45, 7) is 2.23. The van der Waals surface area contributed by atoms with E-state index in [1.807, 2.05) is 11.3 Å². The lowest BCUT2D eigenvalue weighted by atomic mass is 9.89. The summed E-state index contributed by atoms with van der Waals surface area (Å²) in [6.07, 6.45) is 0. The SMILES string of the molecule is Cc1c2ccccc2c(-c2ccc(-c3ccc(-c4ccccc4)s3)cc2)c2ccccc12. The van der Waals surface area contributed by atoms with Gasteiger partial charge in [0, 0.05) is 9.75 Å². The number of hydrogen-bond donors (Lipinski definition) is 0. The summed E-state index contributed by atoms with van der Waals surface area (Å²) in [4.78, 5) is 2.61. The molecule has 0 saturated heterocycles. The van der Waals surface area contributed by atoms with Crippen LogP contribution in [0.1, 0.15) is 5.56 Å². The summed E-state index contributed by atoms with van der Waals surface area (Å²) >= 11 is 1.85. The van der Waals surface area contributed by atoms with Gasteiger partial charge in [-0.1, -0.05) is 103 Å². The maximum atomic E-state index is 2.28. The fraction of sp³-hybridized carbons (Fsp3) is 0.0323. The molecule has 0 nitrogen and oxygen atoms in total. The first kappa shape index (κ1) is 19.0. The molecule has 0 saturated carbocycles. The van der Waals surface area contributed by atoms with Gasteiger partial charge in [-0.15, -0.1) is 11.3 Å². The van der Waals surface area contributed by atoms with Crippen molar-refractivity contribution in [3.8, 4) is 32.0 Å². The third-order valence-electron chi connectivity index (χ3n) is 6.32. The second-order valence-electron chi connectivity index (χ2n) is 8.20. The van der Waals surface area contributed by atoms with Crippen LogP contribution in [0.4, 0.5) is 0 Å². The zero-order valence-corrected chi connectivity index (χ0v) is 18.7. The van der Waals surface area contributed by atoms with Crippen LogP contribution in [0.3, 0.4) is 0 Å². The summed E-state index contributed by atoms with van der Waals surface area (Å²) in [6, 6.07) is 41.7. The van der Waals surface area contributed by atoms with Crippen LogP contribution in [0, 0.1) is 6.92 Å². The lowest BCUT2D eigenvalue weighted by Gasteiger charge is -2.15. The first-order valence-corrected chi connectivity index (χ1v) is 11.8. The van der Waals surface area contributed by atoms with Crippen LogP contribution in [-0.4, -0.2) is 0 Å². The van der Waals surface area contributed by atoms with Gasteiger partial charge >= 0.3 is 0 Å². The third kappa shape index (κ3) is 3.14. The molecule has 152 valence electrons. The Labute approximate surface area is 192 Å². The van der Waals surface area contributed by atoms with E-state index < -0.39 is 0 Å². The van der Waals surface area contributed by atoms with Crippen LogP contribution >= 0.6 is 11.3 Å². The fourth-order valence-corrected chi connectivity index (χ4v) is 5.73. The Bertz CT molecular complexity index is 1500. The van der Waals surface area contributed by atoms with E-state index in [0.29, 0.717) is 0 Å². The number of benzene rings is 5. The molecule has 0 fully saturated rings. The van der Waals surface area contributed by atoms with Crippen LogP contribution < -0.4 is 0 Å². The normalized spacial score (nSPS) is 11.3. The van der Waals surface area contributed by atoms with E-state index in [4.69, 9.17) is 0 Å². The van der Waals surface area contributed by atoms with E-state index in [-0.39, 0.29) is 0 Å². The van der Waals surface area contributed by atoms with E-state index in [9.17, 15) is 0 Å². The van der Waals surface area contributed by atoms with Crippen molar-refractivity contribution >= 4 is 32.9 Å². The van der Waals surface area contributed by atoms with Crippen molar-refractivity contribution < 1.29 is 0 Å². The average Bonchev–Trinajstić information content (AvgIpc) is 3.36. The molecule has 1 heteroatoms. The van der Waals surface area contributed by atoms with Gasteiger partial charge in [-0.3, -0.25) is 0 Å². The minimum atomic E-state index is 1.26. The molecule has 0 atom stereocenters. The highest BCUT2D eigenvalue weighted by Crippen LogP contribution is 2.40. The van der Waals surface area contributed by atoms with Gasteiger partial charge in [0.2, 0.25) is 0 Å². The highest BCUT2D eigenvalue weighted by atomic mass is 32.1. The molecule has 0 spiro atoms. The minimum absolute atomic E-state index is 1.26. The second kappa shape index (κ2) is 7.78. The standard InChI is InChI=1S/C31H22S/c1-21-25-11-5-7-13-27(25)31(28-14-8-6-12-26(21)28)24-17-15-23(16-18-24)30-20-19-29(32-30)22-9-3-2-4-10-22/h2-20H,1H3. The summed E-state index contributed by atoms with van der Waals surface area (Å²) in [7, 11) is 0. The molecule has 0 bridgehead atoms. The Morgan fingerprint density at radius 3 is 1.41 bits per heavy atom. The molecule has 6 rings (SSSR count). The van der Waals surface area contributed by atoms with E-state index in [0.717, 1.165) is 0 Å². The van der Waals surface area contributed by atoms with E-state index >= 15 is 0 Å². The van der Waals surface area contributed by atoms with Crippen molar-refractivity contribution in [2.45, 2.75) is 6.92 Å². The van der Waals surface area contributed by atoms with Gasteiger partial charge in [0.05, 0.1) is 0 Å². The van der Waals surface area contributed by atoms with Crippen molar-refractivity contribution in [1.82, 2.24) is 0 Å². The molecular weight excluding hydrogens is 404 g/mol. The van der Waals surface area contributed by atoms with Gasteiger partial charge in [-0.25, -0.2) is 0 Å². The lowest BCUT2D eigenvalue weighted by Crippen LogP contribution is -1.89. The largest absolute Gasteiger partial charge is 0.135 e. The van der Waals surface area contributed by atoms with Crippen LogP contribution in [0.25, 0.3) is 53.6 Å². The van der Waals surface area contributed by atoms with Crippen LogP contribution in [0.15, 0.2) is 115 Å². The van der Waals surface area contributed by atoms with Gasteiger partial charge in [0.15, 0.2) is 0 Å². The number of rotatable bonds is 3. The monoisotopic (exact) mass is 426 g/mol. The second-order valence-corrected chi connectivity index (χ2v) is 9.28. The molecule has 0 N–H and O–H groups in total. The third-order valence-corrected chi connectivity index (χ3v) is 7.51. The zero-order valence-electron chi connectivity index (χ0n) is 17.9. The van der Waals surface area contributed by atoms with E-state index in [2.05, 4.69) is 122 Å². The van der Waals surface area contributed by atoms with Gasteiger partial charge in [0.25, 0.3) is 0 Å². The molecule has 0 radical (unpaired) electrons. The van der Waals surface area contributed by atoms with Gasteiger partial charge in [0.1, 0.15) is 0 Å². The fourth-order valence-electron chi connectivity index (χ4n) is 4.71. The van der Waals surface area contributed by atoms with E-state index in [1.54, 1.807) is 0 Å². The molecule has 1 heterocycles. The maximum absolute atomic E-state index is 2.28. The molecule has 1 aromatic heterocycles. The molecule has 0 aliphatic heterocycles. The quantitative estimate of drug-likeness (QED) is 0.247. The van der Waals surface area contributed by atoms with Gasteiger partial charge in [-0.05, 0) is 68.4 Å². The Morgan fingerprint density at radius 2 is 0.844 bits per heavy atom. The summed E-state index contributed by atoms with van der Waals surface area (Å²) in [5.41, 5.74) is 6.48. The Hall–Kier alpha value is -3.68. The Balaban J connectivity index is 1.47.